The maximum Gasteiger partial charge on any atom is 0.267 e. The summed E-state index contributed by atoms with van der Waals surface area (Å²) in [4.78, 5) is 14.6. The van der Waals surface area contributed by atoms with E-state index in [4.69, 9.17) is 0 Å². The van der Waals surface area contributed by atoms with Crippen LogP contribution in [0, 0.1) is 0 Å². The van der Waals surface area contributed by atoms with Crippen molar-refractivity contribution < 1.29 is 9.90 Å². The van der Waals surface area contributed by atoms with Crippen molar-refractivity contribution in [2.45, 2.75) is 32.3 Å². The molecule has 88 valence electrons. The zero-order valence-electron chi connectivity index (χ0n) is 9.22. The molecule has 1 amide bonds. The van der Waals surface area contributed by atoms with E-state index in [1.165, 1.54) is 0 Å². The Hall–Kier alpha value is -1.01. The fraction of sp³-hybridized carbons (Fsp3) is 0.700. The van der Waals surface area contributed by atoms with Crippen molar-refractivity contribution in [1.82, 2.24) is 14.5 Å². The van der Waals surface area contributed by atoms with Crippen LogP contribution in [0.3, 0.4) is 0 Å². The summed E-state index contributed by atoms with van der Waals surface area (Å²) in [6.07, 6.45) is 1.81. The normalized spacial score (nSPS) is 17.8. The Morgan fingerprint density at radius 3 is 2.88 bits per heavy atom. The summed E-state index contributed by atoms with van der Waals surface area (Å²) in [5, 5.41) is 13.3. The van der Waals surface area contributed by atoms with E-state index in [1.807, 2.05) is 6.92 Å². The summed E-state index contributed by atoms with van der Waals surface area (Å²) >= 11 is 1.16. The van der Waals surface area contributed by atoms with Crippen molar-refractivity contribution in [2.24, 2.45) is 0 Å². The van der Waals surface area contributed by atoms with Crippen LogP contribution in [0.1, 0.15) is 35.1 Å². The lowest BCUT2D eigenvalue weighted by molar-refractivity contribution is 0.0549. The van der Waals surface area contributed by atoms with E-state index in [9.17, 15) is 9.90 Å². The second-order valence-electron chi connectivity index (χ2n) is 3.93. The van der Waals surface area contributed by atoms with Crippen LogP contribution in [0.15, 0.2) is 0 Å². The summed E-state index contributed by atoms with van der Waals surface area (Å²) in [6, 6.07) is 0. The van der Waals surface area contributed by atoms with Gasteiger partial charge in [0.1, 0.15) is 4.88 Å². The van der Waals surface area contributed by atoms with Crippen molar-refractivity contribution in [2.75, 3.05) is 13.1 Å². The molecule has 1 aromatic heterocycles. The van der Waals surface area contributed by atoms with Crippen LogP contribution >= 0.6 is 11.5 Å². The van der Waals surface area contributed by atoms with E-state index in [-0.39, 0.29) is 12.0 Å². The van der Waals surface area contributed by atoms with Crippen molar-refractivity contribution in [3.05, 3.63) is 10.6 Å². The molecule has 6 heteroatoms. The van der Waals surface area contributed by atoms with Gasteiger partial charge in [-0.15, -0.1) is 5.10 Å². The van der Waals surface area contributed by atoms with E-state index in [1.54, 1.807) is 4.90 Å². The lowest BCUT2D eigenvalue weighted by Gasteiger charge is -2.29. The van der Waals surface area contributed by atoms with Crippen LogP contribution in [0.25, 0.3) is 0 Å². The molecule has 1 aromatic rings. The molecule has 1 aliphatic rings. The largest absolute Gasteiger partial charge is 0.393 e. The summed E-state index contributed by atoms with van der Waals surface area (Å²) < 4.78 is 3.82. The van der Waals surface area contributed by atoms with Crippen LogP contribution in [0.4, 0.5) is 0 Å². The molecule has 1 aliphatic heterocycles. The van der Waals surface area contributed by atoms with Gasteiger partial charge in [0.2, 0.25) is 0 Å². The lowest BCUT2D eigenvalue weighted by atomic mass is 10.1. The molecule has 0 unspecified atom stereocenters. The van der Waals surface area contributed by atoms with Gasteiger partial charge in [-0.2, -0.15) is 0 Å². The minimum atomic E-state index is -0.255. The molecule has 0 aliphatic carbocycles. The number of nitrogens with zero attached hydrogens (tertiary/aromatic N) is 3. The molecule has 0 bridgehead atoms. The molecule has 1 saturated heterocycles. The first kappa shape index (κ1) is 11.5. The number of amides is 1. The Balaban J connectivity index is 2.07. The molecule has 0 atom stereocenters. The topological polar surface area (TPSA) is 66.3 Å². The molecule has 0 aromatic carbocycles. The van der Waals surface area contributed by atoms with Gasteiger partial charge in [-0.25, -0.2) is 0 Å². The fourth-order valence-corrected chi connectivity index (χ4v) is 2.53. The highest BCUT2D eigenvalue weighted by molar-refractivity contribution is 7.07. The van der Waals surface area contributed by atoms with E-state index >= 15 is 0 Å². The van der Waals surface area contributed by atoms with Crippen molar-refractivity contribution in [3.63, 3.8) is 0 Å². The Morgan fingerprint density at radius 2 is 2.25 bits per heavy atom. The van der Waals surface area contributed by atoms with Gasteiger partial charge < -0.3 is 10.0 Å². The van der Waals surface area contributed by atoms with Gasteiger partial charge in [0.25, 0.3) is 5.91 Å². The van der Waals surface area contributed by atoms with Gasteiger partial charge in [-0.3, -0.25) is 4.79 Å². The Morgan fingerprint density at radius 1 is 1.56 bits per heavy atom. The maximum absolute atomic E-state index is 12.1. The molecule has 2 heterocycles. The second-order valence-corrected chi connectivity index (χ2v) is 4.68. The van der Waals surface area contributed by atoms with Gasteiger partial charge in [0.15, 0.2) is 0 Å². The molecule has 5 nitrogen and oxygen atoms in total. The number of carbonyl (C=O) groups excluding carboxylic acids is 1. The zero-order chi connectivity index (χ0) is 11.5. The summed E-state index contributed by atoms with van der Waals surface area (Å²) in [7, 11) is 0. The summed E-state index contributed by atoms with van der Waals surface area (Å²) in [5.74, 6) is 0.0127. The molecule has 0 saturated carbocycles. The predicted octanol–water partition coefficient (Wildman–Crippen LogP) is 0.697. The number of aliphatic hydroxyl groups excluding tert-OH is 1. The Bertz CT molecular complexity index is 372. The fourth-order valence-electron chi connectivity index (χ4n) is 1.81. The van der Waals surface area contributed by atoms with Gasteiger partial charge in [0, 0.05) is 13.1 Å². The van der Waals surface area contributed by atoms with E-state index in [0.29, 0.717) is 30.8 Å². The molecular weight excluding hydrogens is 226 g/mol. The Labute approximate surface area is 98.2 Å². The number of aliphatic hydroxyl groups is 1. The average molecular weight is 241 g/mol. The maximum atomic E-state index is 12.1. The van der Waals surface area contributed by atoms with Gasteiger partial charge in [-0.1, -0.05) is 11.4 Å². The predicted molar refractivity (Wildman–Crippen MR) is 60.4 cm³/mol. The van der Waals surface area contributed by atoms with Crippen molar-refractivity contribution in [3.8, 4) is 0 Å². The molecule has 0 radical (unpaired) electrons. The molecule has 0 spiro atoms. The standard InChI is InChI=1S/C10H15N3O2S/c1-2-8-9(16-12-11-8)10(15)13-5-3-7(14)4-6-13/h7,14H,2-6H2,1H3. The van der Waals surface area contributed by atoms with Crippen LogP contribution in [0.5, 0.6) is 0 Å². The third kappa shape index (κ3) is 2.22. The molecule has 1 fully saturated rings. The first-order valence-corrected chi connectivity index (χ1v) is 6.28. The van der Waals surface area contributed by atoms with Crippen molar-refractivity contribution >= 4 is 17.4 Å². The monoisotopic (exact) mass is 241 g/mol. The minimum Gasteiger partial charge on any atom is -0.393 e. The van der Waals surface area contributed by atoms with E-state index < -0.39 is 0 Å². The number of hydrogen-bond donors (Lipinski definition) is 1. The molecular formula is C10H15N3O2S. The number of aryl methyl sites for hydroxylation is 1. The number of aromatic nitrogens is 2. The van der Waals surface area contributed by atoms with Crippen LogP contribution in [-0.4, -0.2) is 44.7 Å². The first-order chi connectivity index (χ1) is 7.72. The summed E-state index contributed by atoms with van der Waals surface area (Å²) in [5.41, 5.74) is 0.779. The van der Waals surface area contributed by atoms with E-state index in [0.717, 1.165) is 23.6 Å². The molecule has 16 heavy (non-hydrogen) atoms. The van der Waals surface area contributed by atoms with Crippen LogP contribution in [-0.2, 0) is 6.42 Å². The number of likely N-dealkylation sites (tertiary alicyclic amines) is 1. The molecule has 1 N–H and O–H groups in total. The smallest absolute Gasteiger partial charge is 0.267 e. The number of rotatable bonds is 2. The SMILES string of the molecule is CCc1nnsc1C(=O)N1CCC(O)CC1. The minimum absolute atomic E-state index is 0.0127. The highest BCUT2D eigenvalue weighted by Gasteiger charge is 2.25. The third-order valence-electron chi connectivity index (χ3n) is 2.84. The highest BCUT2D eigenvalue weighted by atomic mass is 32.1. The quantitative estimate of drug-likeness (QED) is 0.827. The first-order valence-electron chi connectivity index (χ1n) is 5.51. The summed E-state index contributed by atoms with van der Waals surface area (Å²) in [6.45, 7) is 3.22. The molecule has 2 rings (SSSR count). The van der Waals surface area contributed by atoms with Gasteiger partial charge in [-0.05, 0) is 30.8 Å². The number of piperidine rings is 1. The highest BCUT2D eigenvalue weighted by Crippen LogP contribution is 2.18. The van der Waals surface area contributed by atoms with Crippen molar-refractivity contribution in [1.29, 1.82) is 0 Å². The van der Waals surface area contributed by atoms with Crippen LogP contribution < -0.4 is 0 Å². The second kappa shape index (κ2) is 4.88. The van der Waals surface area contributed by atoms with Crippen LogP contribution in [0.2, 0.25) is 0 Å². The zero-order valence-corrected chi connectivity index (χ0v) is 10.0. The number of carbonyl (C=O) groups is 1. The lowest BCUT2D eigenvalue weighted by Crippen LogP contribution is -2.40. The van der Waals surface area contributed by atoms with Gasteiger partial charge >= 0.3 is 0 Å². The number of hydrogen-bond acceptors (Lipinski definition) is 5. The van der Waals surface area contributed by atoms with Gasteiger partial charge in [0.05, 0.1) is 11.8 Å². The third-order valence-corrected chi connectivity index (χ3v) is 3.59. The Kier molecular flexibility index (Phi) is 3.50. The van der Waals surface area contributed by atoms with E-state index in [2.05, 4.69) is 9.59 Å². The average Bonchev–Trinajstić information content (AvgIpc) is 2.77.